The van der Waals surface area contributed by atoms with Gasteiger partial charge in [-0.25, -0.2) is 0 Å². The predicted octanol–water partition coefficient (Wildman–Crippen LogP) is 4.34. The van der Waals surface area contributed by atoms with E-state index in [-0.39, 0.29) is 11.8 Å². The summed E-state index contributed by atoms with van der Waals surface area (Å²) in [5, 5.41) is 2.90. The van der Waals surface area contributed by atoms with E-state index in [4.69, 9.17) is 0 Å². The number of aryl methyl sites for hydroxylation is 2. The standard InChI is InChI=1S/C23H30N2O2S/c1-5-14-24-23(27)19(4)25(15-20-10-6-17(2)7-11-20)22(26)16-28-21-12-8-18(3)9-13-21/h6-13,19H,5,14-16H2,1-4H3,(H,24,27)/t19-/m1/s1. The van der Waals surface area contributed by atoms with E-state index in [0.29, 0.717) is 18.8 Å². The molecule has 0 saturated carbocycles. The van der Waals surface area contributed by atoms with E-state index >= 15 is 0 Å². The number of nitrogens with zero attached hydrogens (tertiary/aromatic N) is 1. The molecule has 2 rings (SSSR count). The summed E-state index contributed by atoms with van der Waals surface area (Å²) in [6.45, 7) is 8.93. The maximum absolute atomic E-state index is 13.0. The number of hydrogen-bond acceptors (Lipinski definition) is 3. The van der Waals surface area contributed by atoms with Gasteiger partial charge in [0, 0.05) is 18.0 Å². The molecule has 2 amide bonds. The Hall–Kier alpha value is -2.27. The number of nitrogens with one attached hydrogen (secondary N) is 1. The zero-order valence-corrected chi connectivity index (χ0v) is 18.0. The molecule has 0 heterocycles. The van der Waals surface area contributed by atoms with Crippen LogP contribution in [0.5, 0.6) is 0 Å². The molecule has 5 heteroatoms. The molecule has 28 heavy (non-hydrogen) atoms. The average molecular weight is 399 g/mol. The van der Waals surface area contributed by atoms with Crippen LogP contribution in [-0.2, 0) is 16.1 Å². The lowest BCUT2D eigenvalue weighted by molar-refractivity contribution is -0.138. The maximum Gasteiger partial charge on any atom is 0.242 e. The highest BCUT2D eigenvalue weighted by molar-refractivity contribution is 8.00. The molecule has 0 unspecified atom stereocenters. The van der Waals surface area contributed by atoms with Gasteiger partial charge in [0.2, 0.25) is 11.8 Å². The first kappa shape index (κ1) is 22.0. The van der Waals surface area contributed by atoms with Gasteiger partial charge in [-0.05, 0) is 44.9 Å². The number of carbonyl (C=O) groups is 2. The van der Waals surface area contributed by atoms with Crippen LogP contribution in [0.2, 0.25) is 0 Å². The second-order valence-corrected chi connectivity index (χ2v) is 8.12. The number of rotatable bonds is 9. The summed E-state index contributed by atoms with van der Waals surface area (Å²) in [6.07, 6.45) is 0.869. The minimum Gasteiger partial charge on any atom is -0.354 e. The van der Waals surface area contributed by atoms with Crippen molar-refractivity contribution >= 4 is 23.6 Å². The summed E-state index contributed by atoms with van der Waals surface area (Å²) in [5.41, 5.74) is 3.39. The van der Waals surface area contributed by atoms with Gasteiger partial charge in [-0.1, -0.05) is 54.4 Å². The number of hydrogen-bond donors (Lipinski definition) is 1. The largest absolute Gasteiger partial charge is 0.354 e. The number of thioether (sulfide) groups is 1. The number of benzene rings is 2. The Morgan fingerprint density at radius 3 is 2.14 bits per heavy atom. The van der Waals surface area contributed by atoms with Crippen molar-refractivity contribution in [3.63, 3.8) is 0 Å². The molecular weight excluding hydrogens is 368 g/mol. The fourth-order valence-electron chi connectivity index (χ4n) is 2.73. The van der Waals surface area contributed by atoms with Gasteiger partial charge in [0.15, 0.2) is 0 Å². The zero-order valence-electron chi connectivity index (χ0n) is 17.2. The Kier molecular flexibility index (Phi) is 8.58. The summed E-state index contributed by atoms with van der Waals surface area (Å²) in [7, 11) is 0. The molecule has 4 nitrogen and oxygen atoms in total. The van der Waals surface area contributed by atoms with Crippen LogP contribution in [0.3, 0.4) is 0 Å². The zero-order chi connectivity index (χ0) is 20.5. The van der Waals surface area contributed by atoms with Gasteiger partial charge in [0.1, 0.15) is 6.04 Å². The third-order valence-electron chi connectivity index (χ3n) is 4.57. The second-order valence-electron chi connectivity index (χ2n) is 7.08. The van der Waals surface area contributed by atoms with Gasteiger partial charge in [-0.3, -0.25) is 9.59 Å². The van der Waals surface area contributed by atoms with Crippen molar-refractivity contribution in [3.8, 4) is 0 Å². The van der Waals surface area contributed by atoms with Crippen LogP contribution in [0.15, 0.2) is 53.4 Å². The van der Waals surface area contributed by atoms with E-state index in [9.17, 15) is 9.59 Å². The van der Waals surface area contributed by atoms with E-state index in [1.165, 1.54) is 22.9 Å². The molecule has 0 bridgehead atoms. The van der Waals surface area contributed by atoms with Crippen LogP contribution in [0, 0.1) is 13.8 Å². The first-order chi connectivity index (χ1) is 13.4. The van der Waals surface area contributed by atoms with Crippen molar-refractivity contribution in [2.45, 2.75) is 51.6 Å². The van der Waals surface area contributed by atoms with E-state index < -0.39 is 6.04 Å². The van der Waals surface area contributed by atoms with Gasteiger partial charge in [0.05, 0.1) is 5.75 Å². The minimum absolute atomic E-state index is 0.0368. The topological polar surface area (TPSA) is 49.4 Å². The number of amides is 2. The van der Waals surface area contributed by atoms with Gasteiger partial charge in [-0.15, -0.1) is 11.8 Å². The fourth-order valence-corrected chi connectivity index (χ4v) is 3.52. The predicted molar refractivity (Wildman–Crippen MR) is 116 cm³/mol. The fraction of sp³-hybridized carbons (Fsp3) is 0.391. The molecule has 0 aliphatic heterocycles. The van der Waals surface area contributed by atoms with Crippen molar-refractivity contribution in [3.05, 3.63) is 65.2 Å². The second kappa shape index (κ2) is 10.9. The van der Waals surface area contributed by atoms with E-state index in [0.717, 1.165) is 16.9 Å². The molecule has 150 valence electrons. The number of carbonyl (C=O) groups excluding carboxylic acids is 2. The van der Waals surface area contributed by atoms with Crippen molar-refractivity contribution < 1.29 is 9.59 Å². The van der Waals surface area contributed by atoms with E-state index in [1.54, 1.807) is 11.8 Å². The van der Waals surface area contributed by atoms with Gasteiger partial charge >= 0.3 is 0 Å². The molecule has 0 aliphatic rings. The highest BCUT2D eigenvalue weighted by Gasteiger charge is 2.25. The minimum atomic E-state index is -0.515. The smallest absolute Gasteiger partial charge is 0.242 e. The van der Waals surface area contributed by atoms with Gasteiger partial charge in [0.25, 0.3) is 0 Å². The molecular formula is C23H30N2O2S. The molecule has 0 aromatic heterocycles. The summed E-state index contributed by atoms with van der Waals surface area (Å²) in [4.78, 5) is 28.2. The molecule has 0 fully saturated rings. The average Bonchev–Trinajstić information content (AvgIpc) is 2.70. The summed E-state index contributed by atoms with van der Waals surface area (Å²) in [5.74, 6) is 0.160. The van der Waals surface area contributed by atoms with Crippen LogP contribution in [-0.4, -0.2) is 35.1 Å². The van der Waals surface area contributed by atoms with E-state index in [2.05, 4.69) is 5.32 Å². The molecule has 0 aliphatic carbocycles. The van der Waals surface area contributed by atoms with Crippen LogP contribution in [0.4, 0.5) is 0 Å². The van der Waals surface area contributed by atoms with Gasteiger partial charge < -0.3 is 10.2 Å². The monoisotopic (exact) mass is 398 g/mol. The Balaban J connectivity index is 2.10. The summed E-state index contributed by atoms with van der Waals surface area (Å²) < 4.78 is 0. The van der Waals surface area contributed by atoms with Crippen molar-refractivity contribution in [1.82, 2.24) is 10.2 Å². The molecule has 0 spiro atoms. The Morgan fingerprint density at radius 2 is 1.57 bits per heavy atom. The van der Waals surface area contributed by atoms with E-state index in [1.807, 2.05) is 69.3 Å². The van der Waals surface area contributed by atoms with Crippen LogP contribution >= 0.6 is 11.8 Å². The van der Waals surface area contributed by atoms with Crippen LogP contribution in [0.25, 0.3) is 0 Å². The molecule has 1 N–H and O–H groups in total. The third kappa shape index (κ3) is 6.71. The Bertz CT molecular complexity index is 772. The Morgan fingerprint density at radius 1 is 1.00 bits per heavy atom. The van der Waals surface area contributed by atoms with Crippen molar-refractivity contribution in [2.24, 2.45) is 0 Å². The molecule has 2 aromatic rings. The van der Waals surface area contributed by atoms with Crippen molar-refractivity contribution in [2.75, 3.05) is 12.3 Å². The van der Waals surface area contributed by atoms with Crippen molar-refractivity contribution in [1.29, 1.82) is 0 Å². The first-order valence-corrected chi connectivity index (χ1v) is 10.7. The SMILES string of the molecule is CCCNC(=O)[C@@H](C)N(Cc1ccc(C)cc1)C(=O)CSc1ccc(C)cc1. The van der Waals surface area contributed by atoms with Crippen LogP contribution in [0.1, 0.15) is 37.0 Å². The van der Waals surface area contributed by atoms with Gasteiger partial charge in [-0.2, -0.15) is 0 Å². The highest BCUT2D eigenvalue weighted by atomic mass is 32.2. The summed E-state index contributed by atoms with van der Waals surface area (Å²) >= 11 is 1.50. The molecule has 0 radical (unpaired) electrons. The quantitative estimate of drug-likeness (QED) is 0.639. The highest BCUT2D eigenvalue weighted by Crippen LogP contribution is 2.20. The van der Waals surface area contributed by atoms with Crippen LogP contribution < -0.4 is 5.32 Å². The molecule has 0 saturated heterocycles. The maximum atomic E-state index is 13.0. The first-order valence-electron chi connectivity index (χ1n) is 9.73. The lowest BCUT2D eigenvalue weighted by atomic mass is 10.1. The lowest BCUT2D eigenvalue weighted by Crippen LogP contribution is -2.48. The summed E-state index contributed by atoms with van der Waals surface area (Å²) in [6, 6.07) is 15.7. The lowest BCUT2D eigenvalue weighted by Gasteiger charge is -2.28. The Labute approximate surface area is 172 Å². The third-order valence-corrected chi connectivity index (χ3v) is 5.57. The molecule has 1 atom stereocenters. The normalized spacial score (nSPS) is 11.7. The molecule has 2 aromatic carbocycles.